The van der Waals surface area contributed by atoms with E-state index in [1.807, 2.05) is 36.4 Å². The molecule has 0 aromatic heterocycles. The van der Waals surface area contributed by atoms with E-state index in [2.05, 4.69) is 6.07 Å². The molecule has 5 heteroatoms. The molecule has 3 nitrogen and oxygen atoms in total. The Hall–Kier alpha value is -1.42. The van der Waals surface area contributed by atoms with E-state index in [4.69, 9.17) is 16.2 Å². The van der Waals surface area contributed by atoms with Crippen molar-refractivity contribution in [1.82, 2.24) is 0 Å². The van der Waals surface area contributed by atoms with Gasteiger partial charge in [0.2, 0.25) is 0 Å². The van der Waals surface area contributed by atoms with E-state index >= 15 is 0 Å². The van der Waals surface area contributed by atoms with Crippen molar-refractivity contribution < 1.29 is 4.74 Å². The molecule has 0 amide bonds. The van der Waals surface area contributed by atoms with Crippen LogP contribution in [0.5, 0.6) is 5.75 Å². The van der Waals surface area contributed by atoms with Gasteiger partial charge >= 0.3 is 0 Å². The number of ether oxygens (including phenoxy) is 1. The van der Waals surface area contributed by atoms with Gasteiger partial charge < -0.3 is 16.2 Å². The number of nitrogens with two attached hydrogens (primary N) is 2. The molecular formula is C14H18Cl2N2O. The summed E-state index contributed by atoms with van der Waals surface area (Å²) < 4.78 is 5.34. The normalized spacial score (nSPS) is 9.16. The average Bonchev–Trinajstić information content (AvgIpc) is 2.39. The third-order valence-corrected chi connectivity index (χ3v) is 2.70. The van der Waals surface area contributed by atoms with Crippen molar-refractivity contribution in [3.63, 3.8) is 0 Å². The molecule has 4 N–H and O–H groups in total. The molecule has 19 heavy (non-hydrogen) atoms. The first kappa shape index (κ1) is 17.6. The van der Waals surface area contributed by atoms with Crippen molar-refractivity contribution in [3.8, 4) is 16.9 Å². The topological polar surface area (TPSA) is 61.3 Å². The zero-order valence-electron chi connectivity index (χ0n) is 10.6. The minimum Gasteiger partial charge on any atom is -0.496 e. The van der Waals surface area contributed by atoms with Gasteiger partial charge in [-0.05, 0) is 35.4 Å². The van der Waals surface area contributed by atoms with Crippen LogP contribution >= 0.6 is 24.8 Å². The number of nitrogen functional groups attached to an aromatic ring is 1. The maximum atomic E-state index is 5.81. The summed E-state index contributed by atoms with van der Waals surface area (Å²) in [6, 6.07) is 13.7. The Bertz CT molecular complexity index is 533. The third-order valence-electron chi connectivity index (χ3n) is 2.70. The van der Waals surface area contributed by atoms with E-state index in [1.165, 1.54) is 0 Å². The Morgan fingerprint density at radius 1 is 1.05 bits per heavy atom. The zero-order chi connectivity index (χ0) is 12.3. The van der Waals surface area contributed by atoms with Crippen LogP contribution in [0.3, 0.4) is 0 Å². The van der Waals surface area contributed by atoms with E-state index in [0.717, 1.165) is 28.1 Å². The average molecular weight is 301 g/mol. The smallest absolute Gasteiger partial charge is 0.126 e. The predicted molar refractivity (Wildman–Crippen MR) is 85.2 cm³/mol. The lowest BCUT2D eigenvalue weighted by molar-refractivity contribution is 0.416. The van der Waals surface area contributed by atoms with Gasteiger partial charge in [-0.25, -0.2) is 0 Å². The van der Waals surface area contributed by atoms with Crippen molar-refractivity contribution in [2.24, 2.45) is 5.73 Å². The van der Waals surface area contributed by atoms with Crippen LogP contribution in [0, 0.1) is 0 Å². The molecule has 104 valence electrons. The first-order valence-corrected chi connectivity index (χ1v) is 5.47. The molecule has 0 radical (unpaired) electrons. The first-order chi connectivity index (χ1) is 8.24. The molecule has 0 heterocycles. The summed E-state index contributed by atoms with van der Waals surface area (Å²) in [5, 5.41) is 0. The van der Waals surface area contributed by atoms with Crippen LogP contribution in [0.15, 0.2) is 42.5 Å². The van der Waals surface area contributed by atoms with Crippen LogP contribution in [0.25, 0.3) is 11.1 Å². The molecule has 0 fully saturated rings. The van der Waals surface area contributed by atoms with E-state index in [-0.39, 0.29) is 24.8 Å². The summed E-state index contributed by atoms with van der Waals surface area (Å²) in [6.07, 6.45) is 0. The summed E-state index contributed by atoms with van der Waals surface area (Å²) in [5.41, 5.74) is 15.3. The lowest BCUT2D eigenvalue weighted by Gasteiger charge is -2.10. The van der Waals surface area contributed by atoms with Gasteiger partial charge in [0.1, 0.15) is 5.75 Å². The molecule has 0 aliphatic heterocycles. The summed E-state index contributed by atoms with van der Waals surface area (Å²) in [7, 11) is 1.65. The van der Waals surface area contributed by atoms with Gasteiger partial charge in [0.25, 0.3) is 0 Å². The van der Waals surface area contributed by atoms with Gasteiger partial charge in [-0.15, -0.1) is 24.8 Å². The standard InChI is InChI=1S/C14H16N2O.2ClH/c1-17-14-6-5-12(16)8-13(14)11-4-2-3-10(7-11)9-15;;/h2-8H,9,15-16H2,1H3;2*1H. The Kier molecular flexibility index (Phi) is 7.30. The highest BCUT2D eigenvalue weighted by atomic mass is 35.5. The number of methoxy groups -OCH3 is 1. The second-order valence-electron chi connectivity index (χ2n) is 3.86. The second kappa shape index (κ2) is 7.89. The predicted octanol–water partition coefficient (Wildman–Crippen LogP) is 3.25. The fourth-order valence-corrected chi connectivity index (χ4v) is 1.82. The first-order valence-electron chi connectivity index (χ1n) is 5.47. The minimum absolute atomic E-state index is 0. The van der Waals surface area contributed by atoms with Crippen LogP contribution in [0.2, 0.25) is 0 Å². The van der Waals surface area contributed by atoms with Crippen LogP contribution in [0.4, 0.5) is 5.69 Å². The Morgan fingerprint density at radius 2 is 1.79 bits per heavy atom. The monoisotopic (exact) mass is 300 g/mol. The quantitative estimate of drug-likeness (QED) is 0.856. The molecule has 0 saturated heterocycles. The Labute approximate surface area is 125 Å². The molecule has 0 unspecified atom stereocenters. The van der Waals surface area contributed by atoms with Gasteiger partial charge in [-0.1, -0.05) is 18.2 Å². The molecule has 2 aromatic carbocycles. The highest BCUT2D eigenvalue weighted by Gasteiger charge is 2.06. The van der Waals surface area contributed by atoms with Crippen molar-refractivity contribution in [2.45, 2.75) is 6.54 Å². The summed E-state index contributed by atoms with van der Waals surface area (Å²) in [4.78, 5) is 0. The largest absolute Gasteiger partial charge is 0.496 e. The molecule has 0 saturated carbocycles. The lowest BCUT2D eigenvalue weighted by atomic mass is 10.0. The molecule has 2 aromatic rings. The van der Waals surface area contributed by atoms with Gasteiger partial charge in [0.05, 0.1) is 7.11 Å². The number of hydrogen-bond acceptors (Lipinski definition) is 3. The molecule has 0 aliphatic carbocycles. The van der Waals surface area contributed by atoms with E-state index in [0.29, 0.717) is 6.54 Å². The SMILES string of the molecule is COc1ccc(N)cc1-c1cccc(CN)c1.Cl.Cl. The maximum Gasteiger partial charge on any atom is 0.126 e. The number of hydrogen-bond donors (Lipinski definition) is 2. The fraction of sp³-hybridized carbons (Fsp3) is 0.143. The van der Waals surface area contributed by atoms with E-state index < -0.39 is 0 Å². The van der Waals surface area contributed by atoms with E-state index in [9.17, 15) is 0 Å². The number of rotatable bonds is 3. The van der Waals surface area contributed by atoms with Crippen LogP contribution in [0.1, 0.15) is 5.56 Å². The number of halogens is 2. The van der Waals surface area contributed by atoms with Crippen LogP contribution in [-0.4, -0.2) is 7.11 Å². The third kappa shape index (κ3) is 4.03. The van der Waals surface area contributed by atoms with E-state index in [1.54, 1.807) is 7.11 Å². The lowest BCUT2D eigenvalue weighted by Crippen LogP contribution is -1.96. The summed E-state index contributed by atoms with van der Waals surface area (Å²) in [5.74, 6) is 0.813. The maximum absolute atomic E-state index is 5.81. The second-order valence-corrected chi connectivity index (χ2v) is 3.86. The highest BCUT2D eigenvalue weighted by molar-refractivity contribution is 5.85. The summed E-state index contributed by atoms with van der Waals surface area (Å²) >= 11 is 0. The van der Waals surface area contributed by atoms with Gasteiger partial charge in [0, 0.05) is 17.8 Å². The molecule has 0 aliphatic rings. The molecule has 0 atom stereocenters. The van der Waals surface area contributed by atoms with Crippen molar-refractivity contribution in [1.29, 1.82) is 0 Å². The van der Waals surface area contributed by atoms with Gasteiger partial charge in [-0.3, -0.25) is 0 Å². The summed E-state index contributed by atoms with van der Waals surface area (Å²) in [6.45, 7) is 0.526. The zero-order valence-corrected chi connectivity index (χ0v) is 12.3. The van der Waals surface area contributed by atoms with Crippen molar-refractivity contribution in [2.75, 3.05) is 12.8 Å². The molecule has 0 spiro atoms. The number of benzene rings is 2. The minimum atomic E-state index is 0. The number of anilines is 1. The van der Waals surface area contributed by atoms with Crippen LogP contribution < -0.4 is 16.2 Å². The Morgan fingerprint density at radius 3 is 2.42 bits per heavy atom. The fourth-order valence-electron chi connectivity index (χ4n) is 1.82. The van der Waals surface area contributed by atoms with Crippen molar-refractivity contribution in [3.05, 3.63) is 48.0 Å². The molecule has 0 bridgehead atoms. The van der Waals surface area contributed by atoms with Crippen LogP contribution in [-0.2, 0) is 6.54 Å². The molecular weight excluding hydrogens is 283 g/mol. The highest BCUT2D eigenvalue weighted by Crippen LogP contribution is 2.32. The Balaban J connectivity index is 0.00000162. The van der Waals surface area contributed by atoms with Crippen molar-refractivity contribution >= 4 is 30.5 Å². The molecule has 2 rings (SSSR count). The van der Waals surface area contributed by atoms with Gasteiger partial charge in [-0.2, -0.15) is 0 Å². The van der Waals surface area contributed by atoms with Gasteiger partial charge in [0.15, 0.2) is 0 Å².